The SMILES string of the molecule is CC1(C)CC(OC(=O)C23CCC(C(=O)OC4CC(C)(C)NC(C)(C)C4)(CC2)C3)CC(C)(C)N1. The van der Waals surface area contributed by atoms with Gasteiger partial charge < -0.3 is 20.1 Å². The Labute approximate surface area is 200 Å². The molecule has 0 spiro atoms. The molecule has 0 aromatic heterocycles. The number of piperidine rings is 2. The van der Waals surface area contributed by atoms with Crippen molar-refractivity contribution in [2.45, 2.75) is 148 Å². The number of rotatable bonds is 4. The molecule has 2 aliphatic heterocycles. The van der Waals surface area contributed by atoms with E-state index in [1.807, 2.05) is 0 Å². The second kappa shape index (κ2) is 7.68. The van der Waals surface area contributed by atoms with Crippen molar-refractivity contribution in [2.75, 3.05) is 0 Å². The van der Waals surface area contributed by atoms with Gasteiger partial charge in [-0.25, -0.2) is 0 Å². The maximum Gasteiger partial charge on any atom is 0.312 e. The number of carbonyl (C=O) groups is 2. The summed E-state index contributed by atoms with van der Waals surface area (Å²) < 4.78 is 12.3. The van der Waals surface area contributed by atoms with Crippen molar-refractivity contribution in [1.82, 2.24) is 10.6 Å². The van der Waals surface area contributed by atoms with Gasteiger partial charge in [0.05, 0.1) is 10.8 Å². The molecule has 33 heavy (non-hydrogen) atoms. The van der Waals surface area contributed by atoms with Gasteiger partial charge in [0.25, 0.3) is 0 Å². The van der Waals surface area contributed by atoms with Crippen LogP contribution in [0.3, 0.4) is 0 Å². The van der Waals surface area contributed by atoms with Crippen LogP contribution in [0.4, 0.5) is 0 Å². The quantitative estimate of drug-likeness (QED) is 0.593. The van der Waals surface area contributed by atoms with E-state index in [9.17, 15) is 9.59 Å². The first-order valence-electron chi connectivity index (χ1n) is 13.0. The zero-order valence-electron chi connectivity index (χ0n) is 22.2. The number of ether oxygens (including phenoxy) is 2. The second-order valence-electron chi connectivity index (χ2n) is 14.4. The second-order valence-corrected chi connectivity index (χ2v) is 14.4. The van der Waals surface area contributed by atoms with Gasteiger partial charge in [-0.05, 0) is 87.5 Å². The molecule has 0 aromatic carbocycles. The molecule has 4 aliphatic rings. The van der Waals surface area contributed by atoms with Crippen LogP contribution < -0.4 is 10.6 Å². The molecular formula is C27H46N2O4. The topological polar surface area (TPSA) is 76.7 Å². The van der Waals surface area contributed by atoms with Gasteiger partial charge in [-0.2, -0.15) is 0 Å². The van der Waals surface area contributed by atoms with E-state index in [-0.39, 0.29) is 46.3 Å². The lowest BCUT2D eigenvalue weighted by Gasteiger charge is -2.46. The minimum atomic E-state index is -0.509. The highest BCUT2D eigenvalue weighted by molar-refractivity contribution is 5.84. The Balaban J connectivity index is 1.40. The normalized spacial score (nSPS) is 37.0. The Kier molecular flexibility index (Phi) is 5.81. The van der Waals surface area contributed by atoms with Crippen molar-refractivity contribution in [3.63, 3.8) is 0 Å². The van der Waals surface area contributed by atoms with E-state index in [2.05, 4.69) is 66.0 Å². The highest BCUT2D eigenvalue weighted by Crippen LogP contribution is 2.63. The van der Waals surface area contributed by atoms with Gasteiger partial charge in [-0.3, -0.25) is 9.59 Å². The van der Waals surface area contributed by atoms with Crippen molar-refractivity contribution in [2.24, 2.45) is 10.8 Å². The van der Waals surface area contributed by atoms with Crippen LogP contribution in [0.25, 0.3) is 0 Å². The van der Waals surface area contributed by atoms with Crippen molar-refractivity contribution in [3.05, 3.63) is 0 Å². The fourth-order valence-electron chi connectivity index (χ4n) is 7.94. The molecule has 4 fully saturated rings. The molecule has 4 rings (SSSR count). The van der Waals surface area contributed by atoms with Crippen molar-refractivity contribution >= 4 is 11.9 Å². The monoisotopic (exact) mass is 462 g/mol. The van der Waals surface area contributed by atoms with Crippen molar-refractivity contribution in [3.8, 4) is 0 Å². The van der Waals surface area contributed by atoms with Crippen LogP contribution in [0.15, 0.2) is 0 Å². The Bertz CT molecular complexity index is 707. The van der Waals surface area contributed by atoms with Gasteiger partial charge in [-0.15, -0.1) is 0 Å². The molecule has 6 nitrogen and oxygen atoms in total. The molecule has 6 heteroatoms. The van der Waals surface area contributed by atoms with E-state index >= 15 is 0 Å². The fourth-order valence-corrected chi connectivity index (χ4v) is 7.94. The number of hydrogen-bond acceptors (Lipinski definition) is 6. The lowest BCUT2D eigenvalue weighted by atomic mass is 9.79. The van der Waals surface area contributed by atoms with Crippen LogP contribution in [0.1, 0.15) is 113 Å². The average molecular weight is 463 g/mol. The molecule has 2 saturated carbocycles. The Morgan fingerprint density at radius 1 is 0.576 bits per heavy atom. The summed E-state index contributed by atoms with van der Waals surface area (Å²) >= 11 is 0. The lowest BCUT2D eigenvalue weighted by Crippen LogP contribution is -2.60. The predicted molar refractivity (Wildman–Crippen MR) is 129 cm³/mol. The smallest absolute Gasteiger partial charge is 0.312 e. The molecule has 188 valence electrons. The van der Waals surface area contributed by atoms with E-state index in [4.69, 9.17) is 9.47 Å². The molecule has 0 aromatic rings. The maximum atomic E-state index is 13.4. The minimum Gasteiger partial charge on any atom is -0.462 e. The van der Waals surface area contributed by atoms with Crippen LogP contribution in [-0.2, 0) is 19.1 Å². The van der Waals surface area contributed by atoms with Gasteiger partial charge in [0.2, 0.25) is 0 Å². The van der Waals surface area contributed by atoms with Crippen LogP contribution >= 0.6 is 0 Å². The summed E-state index contributed by atoms with van der Waals surface area (Å²) in [5.41, 5.74) is -1.30. The lowest BCUT2D eigenvalue weighted by molar-refractivity contribution is -0.165. The molecule has 0 radical (unpaired) electrons. The molecule has 0 unspecified atom stereocenters. The summed E-state index contributed by atoms with van der Waals surface area (Å²) in [7, 11) is 0. The van der Waals surface area contributed by atoms with Crippen molar-refractivity contribution < 1.29 is 19.1 Å². The van der Waals surface area contributed by atoms with Crippen molar-refractivity contribution in [1.29, 1.82) is 0 Å². The predicted octanol–water partition coefficient (Wildman–Crippen LogP) is 4.64. The molecular weight excluding hydrogens is 416 g/mol. The molecule has 2 heterocycles. The standard InChI is InChI=1S/C27H46N2O4/c1-22(2)13-18(14-23(3,4)28-22)32-20(30)26-9-11-27(17-26,12-10-26)21(31)33-19-15-24(5,6)29-25(7,8)16-19/h18-19,28-29H,9-17H2,1-8H3. The van der Waals surface area contributed by atoms with Crippen LogP contribution in [0, 0.1) is 10.8 Å². The van der Waals surface area contributed by atoms with E-state index < -0.39 is 10.8 Å². The summed E-state index contributed by atoms with van der Waals surface area (Å²) in [5.74, 6) is -0.172. The summed E-state index contributed by atoms with van der Waals surface area (Å²) in [5, 5.41) is 7.30. The highest BCUT2D eigenvalue weighted by Gasteiger charge is 2.63. The number of fused-ring (bicyclic) bond motifs is 2. The Morgan fingerprint density at radius 3 is 1.12 bits per heavy atom. The van der Waals surface area contributed by atoms with E-state index in [1.165, 1.54) is 0 Å². The van der Waals surface area contributed by atoms with Crippen LogP contribution in [-0.4, -0.2) is 46.3 Å². The summed E-state index contributed by atoms with van der Waals surface area (Å²) in [4.78, 5) is 26.9. The third-order valence-electron chi connectivity index (χ3n) is 8.56. The van der Waals surface area contributed by atoms with Gasteiger partial charge in [-0.1, -0.05) is 0 Å². The molecule has 0 amide bonds. The Hall–Kier alpha value is -1.14. The average Bonchev–Trinajstić information content (AvgIpc) is 3.15. The van der Waals surface area contributed by atoms with Gasteiger partial charge in [0.15, 0.2) is 0 Å². The first-order valence-corrected chi connectivity index (χ1v) is 13.0. The van der Waals surface area contributed by atoms with Crippen LogP contribution in [0.5, 0.6) is 0 Å². The van der Waals surface area contributed by atoms with E-state index in [0.717, 1.165) is 51.4 Å². The summed E-state index contributed by atoms with van der Waals surface area (Å²) in [6.45, 7) is 17.4. The third kappa shape index (κ3) is 5.12. The first-order chi connectivity index (χ1) is 14.9. The summed E-state index contributed by atoms with van der Waals surface area (Å²) in [6.07, 6.45) is 6.62. The van der Waals surface area contributed by atoms with Gasteiger partial charge in [0, 0.05) is 47.8 Å². The third-order valence-corrected chi connectivity index (χ3v) is 8.56. The first kappa shape index (κ1) is 25.0. The molecule has 2 aliphatic carbocycles. The van der Waals surface area contributed by atoms with Gasteiger partial charge >= 0.3 is 11.9 Å². The Morgan fingerprint density at radius 2 is 0.848 bits per heavy atom. The number of carbonyl (C=O) groups excluding carboxylic acids is 2. The maximum absolute atomic E-state index is 13.4. The molecule has 2 saturated heterocycles. The number of esters is 2. The van der Waals surface area contributed by atoms with Crippen LogP contribution in [0.2, 0.25) is 0 Å². The zero-order chi connectivity index (χ0) is 24.5. The van der Waals surface area contributed by atoms with E-state index in [0.29, 0.717) is 6.42 Å². The molecule has 0 atom stereocenters. The highest BCUT2D eigenvalue weighted by atomic mass is 16.6. The van der Waals surface area contributed by atoms with E-state index in [1.54, 1.807) is 0 Å². The summed E-state index contributed by atoms with van der Waals surface area (Å²) in [6, 6.07) is 0. The molecule has 2 bridgehead atoms. The number of nitrogens with one attached hydrogen (secondary N) is 2. The largest absolute Gasteiger partial charge is 0.462 e. The van der Waals surface area contributed by atoms with Gasteiger partial charge in [0.1, 0.15) is 12.2 Å². The zero-order valence-corrected chi connectivity index (χ0v) is 22.2. The minimum absolute atomic E-state index is 0.0698. The molecule has 2 N–H and O–H groups in total. The number of hydrogen-bond donors (Lipinski definition) is 2. The fraction of sp³-hybridized carbons (Fsp3) is 0.926.